The summed E-state index contributed by atoms with van der Waals surface area (Å²) >= 11 is 6.87. The zero-order valence-corrected chi connectivity index (χ0v) is 12.8. The zero-order chi connectivity index (χ0) is 15.5. The third kappa shape index (κ3) is 3.05. The largest absolute Gasteiger partial charge is 0.480 e. The lowest BCUT2D eigenvalue weighted by Gasteiger charge is -2.21. The van der Waals surface area contributed by atoms with E-state index in [9.17, 15) is 9.90 Å². The molecule has 1 atom stereocenters. The van der Waals surface area contributed by atoms with Crippen molar-refractivity contribution < 1.29 is 9.90 Å². The van der Waals surface area contributed by atoms with Crippen LogP contribution in [0, 0.1) is 10.7 Å². The molecule has 0 heterocycles. The predicted octanol–water partition coefficient (Wildman–Crippen LogP) is 4.52. The number of carbonyl (C=O) groups is 1. The Morgan fingerprint density at radius 3 is 2.38 bits per heavy atom. The maximum Gasteiger partial charge on any atom is 0.325 e. The molecule has 0 amide bonds. The molecule has 1 unspecified atom stereocenters. The van der Waals surface area contributed by atoms with E-state index >= 15 is 0 Å². The smallest absolute Gasteiger partial charge is 0.325 e. The van der Waals surface area contributed by atoms with Gasteiger partial charge in [0.2, 0.25) is 0 Å². The molecule has 0 fully saturated rings. The van der Waals surface area contributed by atoms with Gasteiger partial charge in [0.1, 0.15) is 10.1 Å². The minimum Gasteiger partial charge on any atom is -0.480 e. The molecule has 21 heavy (non-hydrogen) atoms. The number of hydrogen-bond donors (Lipinski definition) is 1. The van der Waals surface area contributed by atoms with Gasteiger partial charge in [-0.05, 0) is 35.9 Å². The Balaban J connectivity index is 2.42. The Bertz CT molecular complexity index is 709. The van der Waals surface area contributed by atoms with E-state index in [0.29, 0.717) is 10.6 Å². The van der Waals surface area contributed by atoms with E-state index in [0.717, 1.165) is 22.9 Å². The molecule has 1 N–H and O–H groups in total. The molecule has 5 heteroatoms. The van der Waals surface area contributed by atoms with Crippen LogP contribution in [-0.4, -0.2) is 11.1 Å². The maximum absolute atomic E-state index is 11.4. The van der Waals surface area contributed by atoms with Crippen molar-refractivity contribution in [1.29, 1.82) is 5.26 Å². The number of carboxylic acid groups (broad SMARTS) is 1. The number of nitriles is 1. The van der Waals surface area contributed by atoms with Crippen molar-refractivity contribution in [2.75, 3.05) is 0 Å². The Morgan fingerprint density at radius 2 is 1.86 bits per heavy atom. The van der Waals surface area contributed by atoms with Crippen LogP contribution in [0.2, 0.25) is 5.02 Å². The van der Waals surface area contributed by atoms with Crippen LogP contribution in [-0.2, 0) is 9.54 Å². The van der Waals surface area contributed by atoms with Gasteiger partial charge in [0.05, 0.1) is 0 Å². The number of thioether (sulfide) groups is 1. The van der Waals surface area contributed by atoms with Gasteiger partial charge in [0.15, 0.2) is 0 Å². The van der Waals surface area contributed by atoms with Gasteiger partial charge < -0.3 is 5.11 Å². The number of benzene rings is 2. The Morgan fingerprint density at radius 1 is 1.24 bits per heavy atom. The summed E-state index contributed by atoms with van der Waals surface area (Å²) < 4.78 is -1.28. The maximum atomic E-state index is 11.4. The lowest BCUT2D eigenvalue weighted by atomic mass is 9.97. The number of carboxylic acids is 1. The minimum atomic E-state index is -1.28. The van der Waals surface area contributed by atoms with E-state index < -0.39 is 10.7 Å². The van der Waals surface area contributed by atoms with Crippen LogP contribution in [0.25, 0.3) is 11.1 Å². The highest BCUT2D eigenvalue weighted by Gasteiger charge is 2.36. The normalized spacial score (nSPS) is 13.2. The first kappa shape index (κ1) is 15.4. The fraction of sp³-hybridized carbons (Fsp3) is 0.125. The SMILES string of the molecule is CC(SC#N)(C(=O)O)c1ccc(-c2ccccc2Cl)cc1. The highest BCUT2D eigenvalue weighted by molar-refractivity contribution is 8.05. The summed E-state index contributed by atoms with van der Waals surface area (Å²) in [6.07, 6.45) is 0. The van der Waals surface area contributed by atoms with E-state index in [1.807, 2.05) is 35.7 Å². The molecular formula is C16H12ClNO2S. The molecule has 2 aromatic carbocycles. The molecule has 0 aliphatic carbocycles. The zero-order valence-electron chi connectivity index (χ0n) is 11.2. The topological polar surface area (TPSA) is 61.1 Å². The number of hydrogen-bond acceptors (Lipinski definition) is 3. The molecule has 0 bridgehead atoms. The van der Waals surface area contributed by atoms with E-state index in [2.05, 4.69) is 0 Å². The van der Waals surface area contributed by atoms with E-state index in [1.165, 1.54) is 6.92 Å². The number of halogens is 1. The molecule has 2 rings (SSSR count). The van der Waals surface area contributed by atoms with Gasteiger partial charge in [-0.3, -0.25) is 4.79 Å². The second kappa shape index (κ2) is 6.21. The molecule has 0 aliphatic heterocycles. The Labute approximate surface area is 132 Å². The van der Waals surface area contributed by atoms with Crippen molar-refractivity contribution in [3.8, 4) is 16.5 Å². The van der Waals surface area contributed by atoms with Crippen molar-refractivity contribution >= 4 is 29.3 Å². The third-order valence-electron chi connectivity index (χ3n) is 3.28. The molecule has 0 radical (unpaired) electrons. The average molecular weight is 318 g/mol. The van der Waals surface area contributed by atoms with Gasteiger partial charge in [0, 0.05) is 10.6 Å². The van der Waals surface area contributed by atoms with Crippen molar-refractivity contribution in [2.24, 2.45) is 0 Å². The van der Waals surface area contributed by atoms with Gasteiger partial charge in [0.25, 0.3) is 0 Å². The fourth-order valence-corrected chi connectivity index (χ4v) is 2.75. The molecule has 3 nitrogen and oxygen atoms in total. The van der Waals surface area contributed by atoms with Crippen LogP contribution in [0.5, 0.6) is 0 Å². The van der Waals surface area contributed by atoms with Crippen molar-refractivity contribution in [2.45, 2.75) is 11.7 Å². The third-order valence-corrected chi connectivity index (χ3v) is 4.52. The summed E-state index contributed by atoms with van der Waals surface area (Å²) in [5.74, 6) is -1.04. The van der Waals surface area contributed by atoms with Crippen LogP contribution in [0.4, 0.5) is 0 Å². The first-order chi connectivity index (χ1) is 9.99. The van der Waals surface area contributed by atoms with Crippen molar-refractivity contribution in [3.05, 3.63) is 59.1 Å². The van der Waals surface area contributed by atoms with Crippen LogP contribution < -0.4 is 0 Å². The second-order valence-electron chi connectivity index (χ2n) is 4.59. The van der Waals surface area contributed by atoms with Crippen LogP contribution in [0.15, 0.2) is 48.5 Å². The van der Waals surface area contributed by atoms with E-state index in [-0.39, 0.29) is 0 Å². The van der Waals surface area contributed by atoms with E-state index in [4.69, 9.17) is 16.9 Å². The molecule has 0 spiro atoms. The Hall–Kier alpha value is -1.96. The minimum absolute atomic E-state index is 0.567. The summed E-state index contributed by atoms with van der Waals surface area (Å²) in [7, 11) is 0. The molecule has 0 aliphatic rings. The first-order valence-corrected chi connectivity index (χ1v) is 7.34. The summed E-state index contributed by atoms with van der Waals surface area (Å²) in [6, 6.07) is 14.5. The summed E-state index contributed by atoms with van der Waals surface area (Å²) in [5.41, 5.74) is 2.35. The van der Waals surface area contributed by atoms with Gasteiger partial charge >= 0.3 is 5.97 Å². The molecule has 0 saturated carbocycles. The second-order valence-corrected chi connectivity index (χ2v) is 6.20. The lowest BCUT2D eigenvalue weighted by Crippen LogP contribution is -2.28. The number of thiocyanates is 1. The standard InChI is InChI=1S/C16H12ClNO2S/c1-16(15(19)20,21-10-18)12-8-6-11(7-9-12)13-4-2-3-5-14(13)17/h2-9H,1H3,(H,19,20). The summed E-state index contributed by atoms with van der Waals surface area (Å²) in [4.78, 5) is 11.4. The highest BCUT2D eigenvalue weighted by atomic mass is 35.5. The lowest BCUT2D eigenvalue weighted by molar-refractivity contribution is -0.139. The molecule has 106 valence electrons. The van der Waals surface area contributed by atoms with Crippen LogP contribution in [0.3, 0.4) is 0 Å². The average Bonchev–Trinajstić information content (AvgIpc) is 2.48. The molecule has 2 aromatic rings. The monoisotopic (exact) mass is 317 g/mol. The van der Waals surface area contributed by atoms with Crippen molar-refractivity contribution in [3.63, 3.8) is 0 Å². The summed E-state index contributed by atoms with van der Waals surface area (Å²) in [6.45, 7) is 1.52. The number of nitrogens with zero attached hydrogens (tertiary/aromatic N) is 1. The van der Waals surface area contributed by atoms with Crippen molar-refractivity contribution in [1.82, 2.24) is 0 Å². The van der Waals surface area contributed by atoms with Crippen LogP contribution >= 0.6 is 23.4 Å². The van der Waals surface area contributed by atoms with Gasteiger partial charge in [-0.25, -0.2) is 0 Å². The summed E-state index contributed by atoms with van der Waals surface area (Å²) in [5, 5.41) is 20.7. The van der Waals surface area contributed by atoms with Gasteiger partial charge in [-0.2, -0.15) is 5.26 Å². The van der Waals surface area contributed by atoms with Gasteiger partial charge in [-0.1, -0.05) is 54.1 Å². The van der Waals surface area contributed by atoms with E-state index in [1.54, 1.807) is 18.2 Å². The molecule has 0 saturated heterocycles. The number of rotatable bonds is 4. The highest BCUT2D eigenvalue weighted by Crippen LogP contribution is 2.37. The Kier molecular flexibility index (Phi) is 4.56. The van der Waals surface area contributed by atoms with Gasteiger partial charge in [-0.15, -0.1) is 0 Å². The molecule has 0 aromatic heterocycles. The quantitative estimate of drug-likeness (QED) is 0.842. The first-order valence-electron chi connectivity index (χ1n) is 6.15. The van der Waals surface area contributed by atoms with Crippen LogP contribution in [0.1, 0.15) is 12.5 Å². The number of aliphatic carboxylic acids is 1. The fourth-order valence-electron chi connectivity index (χ4n) is 1.98. The molecular weight excluding hydrogens is 306 g/mol. The predicted molar refractivity (Wildman–Crippen MR) is 85.1 cm³/mol.